The van der Waals surface area contributed by atoms with Crippen LogP contribution in [0.25, 0.3) is 0 Å². The van der Waals surface area contributed by atoms with E-state index in [1.807, 2.05) is 6.07 Å². The van der Waals surface area contributed by atoms with E-state index in [2.05, 4.69) is 5.32 Å². The maximum atomic E-state index is 12.8. The molecule has 1 saturated heterocycles. The molecule has 0 spiro atoms. The van der Waals surface area contributed by atoms with Crippen LogP contribution in [0.15, 0.2) is 0 Å². The standard InChI is InChI=1S/C19H28N4O5/c1-12(2)28-19(27)21-16(7-13-4-5-13)18(26)22(3)10-17(25)23-9-14(11-24)6-15(23)8-20/h11-16H,4-7,9-10H2,1-3H3,(H,21,27). The third-order valence-corrected chi connectivity index (χ3v) is 4.94. The summed E-state index contributed by atoms with van der Waals surface area (Å²) in [5.74, 6) is -0.737. The largest absolute Gasteiger partial charge is 0.447 e. The second-order valence-electron chi connectivity index (χ2n) is 7.85. The van der Waals surface area contributed by atoms with Crippen molar-refractivity contribution in [1.29, 1.82) is 5.26 Å². The quantitative estimate of drug-likeness (QED) is 0.607. The van der Waals surface area contributed by atoms with Gasteiger partial charge in [-0.3, -0.25) is 9.59 Å². The molecule has 1 heterocycles. The van der Waals surface area contributed by atoms with E-state index in [4.69, 9.17) is 4.74 Å². The van der Waals surface area contributed by atoms with Crippen molar-refractivity contribution in [3.63, 3.8) is 0 Å². The van der Waals surface area contributed by atoms with E-state index in [-0.39, 0.29) is 36.9 Å². The van der Waals surface area contributed by atoms with E-state index >= 15 is 0 Å². The predicted molar refractivity (Wildman–Crippen MR) is 98.8 cm³/mol. The number of nitrogens with one attached hydrogen (secondary N) is 1. The Bertz CT molecular complexity index is 655. The van der Waals surface area contributed by atoms with Gasteiger partial charge in [-0.15, -0.1) is 0 Å². The van der Waals surface area contributed by atoms with Gasteiger partial charge in [-0.1, -0.05) is 12.8 Å². The lowest BCUT2D eigenvalue weighted by Gasteiger charge is -2.27. The molecule has 2 fully saturated rings. The van der Waals surface area contributed by atoms with Gasteiger partial charge in [-0.2, -0.15) is 5.26 Å². The van der Waals surface area contributed by atoms with Gasteiger partial charge in [0, 0.05) is 19.5 Å². The molecule has 1 N–H and O–H groups in total. The Labute approximate surface area is 165 Å². The lowest BCUT2D eigenvalue weighted by atomic mass is 10.1. The van der Waals surface area contributed by atoms with Gasteiger partial charge in [0.2, 0.25) is 11.8 Å². The van der Waals surface area contributed by atoms with Crippen molar-refractivity contribution in [2.24, 2.45) is 11.8 Å². The first-order chi connectivity index (χ1) is 13.2. The molecule has 3 atom stereocenters. The van der Waals surface area contributed by atoms with E-state index in [1.165, 1.54) is 16.8 Å². The number of carbonyl (C=O) groups excluding carboxylic acids is 4. The summed E-state index contributed by atoms with van der Waals surface area (Å²) >= 11 is 0. The SMILES string of the molecule is CC(C)OC(=O)NC(CC1CC1)C(=O)N(C)CC(=O)N1CC(C=O)CC1C#N. The van der Waals surface area contributed by atoms with Crippen LogP contribution in [0.3, 0.4) is 0 Å². The van der Waals surface area contributed by atoms with Crippen molar-refractivity contribution in [2.45, 2.75) is 57.7 Å². The van der Waals surface area contributed by atoms with Crippen molar-refractivity contribution >= 4 is 24.2 Å². The number of likely N-dealkylation sites (tertiary alicyclic amines) is 1. The van der Waals surface area contributed by atoms with Gasteiger partial charge in [0.15, 0.2) is 0 Å². The first-order valence-corrected chi connectivity index (χ1v) is 9.61. The molecule has 1 aliphatic heterocycles. The average Bonchev–Trinajstić information content (AvgIpc) is 3.34. The van der Waals surface area contributed by atoms with Crippen molar-refractivity contribution < 1.29 is 23.9 Å². The highest BCUT2D eigenvalue weighted by molar-refractivity contribution is 5.89. The van der Waals surface area contributed by atoms with Gasteiger partial charge in [-0.25, -0.2) is 4.79 Å². The summed E-state index contributed by atoms with van der Waals surface area (Å²) in [6, 6.07) is 0.613. The molecular weight excluding hydrogens is 364 g/mol. The van der Waals surface area contributed by atoms with Crippen LogP contribution in [0.4, 0.5) is 4.79 Å². The normalized spacial score (nSPS) is 22.3. The fourth-order valence-electron chi connectivity index (χ4n) is 3.30. The van der Waals surface area contributed by atoms with Crippen LogP contribution < -0.4 is 5.32 Å². The lowest BCUT2D eigenvalue weighted by molar-refractivity contribution is -0.140. The Morgan fingerprint density at radius 2 is 2.04 bits per heavy atom. The monoisotopic (exact) mass is 392 g/mol. The molecule has 0 bridgehead atoms. The van der Waals surface area contributed by atoms with E-state index in [9.17, 15) is 24.4 Å². The smallest absolute Gasteiger partial charge is 0.408 e. The van der Waals surface area contributed by atoms with E-state index < -0.39 is 18.2 Å². The summed E-state index contributed by atoms with van der Waals surface area (Å²) in [5, 5.41) is 11.8. The Balaban J connectivity index is 1.97. The molecule has 0 radical (unpaired) electrons. The summed E-state index contributed by atoms with van der Waals surface area (Å²) in [4.78, 5) is 50.9. The van der Waals surface area contributed by atoms with Crippen molar-refractivity contribution in [1.82, 2.24) is 15.1 Å². The second kappa shape index (κ2) is 9.53. The van der Waals surface area contributed by atoms with Crippen molar-refractivity contribution in [3.8, 4) is 6.07 Å². The van der Waals surface area contributed by atoms with Crippen LogP contribution in [0.1, 0.15) is 39.5 Å². The summed E-state index contributed by atoms with van der Waals surface area (Å²) in [6.45, 7) is 3.41. The van der Waals surface area contributed by atoms with E-state index in [0.29, 0.717) is 18.8 Å². The maximum Gasteiger partial charge on any atom is 0.408 e. The molecule has 1 aliphatic carbocycles. The Morgan fingerprint density at radius 1 is 1.36 bits per heavy atom. The highest BCUT2D eigenvalue weighted by Gasteiger charge is 2.37. The third kappa shape index (κ3) is 5.94. The number of amides is 3. The van der Waals surface area contributed by atoms with Gasteiger partial charge in [0.1, 0.15) is 18.4 Å². The average molecular weight is 392 g/mol. The molecule has 2 aliphatic rings. The third-order valence-electron chi connectivity index (χ3n) is 4.94. The number of carbonyl (C=O) groups is 4. The number of alkyl carbamates (subject to hydrolysis) is 1. The van der Waals surface area contributed by atoms with Crippen LogP contribution in [0, 0.1) is 23.2 Å². The van der Waals surface area contributed by atoms with Gasteiger partial charge in [0.05, 0.1) is 18.7 Å². The number of aldehydes is 1. The zero-order chi connectivity index (χ0) is 20.8. The number of nitrogens with zero attached hydrogens (tertiary/aromatic N) is 3. The minimum Gasteiger partial charge on any atom is -0.447 e. The molecule has 0 aromatic carbocycles. The second-order valence-corrected chi connectivity index (χ2v) is 7.85. The van der Waals surface area contributed by atoms with Gasteiger partial charge in [-0.05, 0) is 32.6 Å². The van der Waals surface area contributed by atoms with E-state index in [1.54, 1.807) is 13.8 Å². The lowest BCUT2D eigenvalue weighted by Crippen LogP contribution is -2.51. The molecule has 9 heteroatoms. The summed E-state index contributed by atoms with van der Waals surface area (Å²) < 4.78 is 5.06. The number of hydrogen-bond acceptors (Lipinski definition) is 6. The minimum atomic E-state index is -0.760. The molecule has 3 unspecified atom stereocenters. The summed E-state index contributed by atoms with van der Waals surface area (Å²) in [6.07, 6.45) is 2.63. The fourth-order valence-corrected chi connectivity index (χ4v) is 3.30. The first-order valence-electron chi connectivity index (χ1n) is 9.61. The van der Waals surface area contributed by atoms with Gasteiger partial charge < -0.3 is 24.6 Å². The maximum absolute atomic E-state index is 12.8. The molecule has 2 rings (SSSR count). The number of likely N-dealkylation sites (N-methyl/N-ethyl adjacent to an activating group) is 1. The fraction of sp³-hybridized carbons (Fsp3) is 0.737. The highest BCUT2D eigenvalue weighted by atomic mass is 16.6. The molecule has 1 saturated carbocycles. The van der Waals surface area contributed by atoms with Gasteiger partial charge >= 0.3 is 6.09 Å². The first kappa shape index (κ1) is 21.7. The highest BCUT2D eigenvalue weighted by Crippen LogP contribution is 2.34. The number of rotatable bonds is 8. The Morgan fingerprint density at radius 3 is 2.57 bits per heavy atom. The van der Waals surface area contributed by atoms with E-state index in [0.717, 1.165) is 19.1 Å². The van der Waals surface area contributed by atoms with Crippen LogP contribution in [0.2, 0.25) is 0 Å². The topological polar surface area (TPSA) is 120 Å². The molecule has 9 nitrogen and oxygen atoms in total. The van der Waals surface area contributed by atoms with Crippen LogP contribution in [0.5, 0.6) is 0 Å². The molecule has 3 amide bonds. The van der Waals surface area contributed by atoms with Crippen LogP contribution >= 0.6 is 0 Å². The Hall–Kier alpha value is -2.63. The predicted octanol–water partition coefficient (Wildman–Crippen LogP) is 0.688. The van der Waals surface area contributed by atoms with Crippen molar-refractivity contribution in [2.75, 3.05) is 20.1 Å². The van der Waals surface area contributed by atoms with Gasteiger partial charge in [0.25, 0.3) is 0 Å². The molecule has 28 heavy (non-hydrogen) atoms. The molecule has 154 valence electrons. The summed E-state index contributed by atoms with van der Waals surface area (Å²) in [7, 11) is 1.49. The molecule has 0 aromatic heterocycles. The zero-order valence-corrected chi connectivity index (χ0v) is 16.6. The number of nitriles is 1. The molecular formula is C19H28N4O5. The van der Waals surface area contributed by atoms with Crippen LogP contribution in [-0.2, 0) is 19.1 Å². The minimum absolute atomic E-state index is 0.188. The summed E-state index contributed by atoms with van der Waals surface area (Å²) in [5.41, 5.74) is 0. The number of hydrogen-bond donors (Lipinski definition) is 1. The van der Waals surface area contributed by atoms with Crippen LogP contribution in [-0.4, -0.2) is 72.3 Å². The molecule has 0 aromatic rings. The number of ether oxygens (including phenoxy) is 1. The zero-order valence-electron chi connectivity index (χ0n) is 16.6. The Kier molecular flexibility index (Phi) is 7.38. The van der Waals surface area contributed by atoms with Crippen molar-refractivity contribution in [3.05, 3.63) is 0 Å².